The third-order valence-corrected chi connectivity index (χ3v) is 6.18. The highest BCUT2D eigenvalue weighted by Crippen LogP contribution is 2.44. The number of nitro groups is 1. The minimum absolute atomic E-state index is 0.0955. The Balaban J connectivity index is 1.97. The number of ether oxygens (including phenoxy) is 2. The monoisotopic (exact) mass is 430 g/mol. The molecule has 30 heavy (non-hydrogen) atoms. The molecule has 1 fully saturated rings. The summed E-state index contributed by atoms with van der Waals surface area (Å²) in [7, 11) is 0. The van der Waals surface area contributed by atoms with Crippen molar-refractivity contribution in [3.05, 3.63) is 52.1 Å². The molecule has 8 heteroatoms. The summed E-state index contributed by atoms with van der Waals surface area (Å²) in [6, 6.07) is 9.65. The number of nitro benzene ring substituents is 1. The van der Waals surface area contributed by atoms with E-state index in [0.29, 0.717) is 11.0 Å². The summed E-state index contributed by atoms with van der Waals surface area (Å²) >= 11 is 1.63. The van der Waals surface area contributed by atoms with Crippen LogP contribution in [0.5, 0.6) is 11.5 Å². The van der Waals surface area contributed by atoms with Crippen LogP contribution in [-0.2, 0) is 4.74 Å². The zero-order valence-corrected chi connectivity index (χ0v) is 17.9. The molecule has 0 saturated heterocycles. The average molecular weight is 431 g/mol. The van der Waals surface area contributed by atoms with Gasteiger partial charge in [0, 0.05) is 5.25 Å². The van der Waals surface area contributed by atoms with Gasteiger partial charge in [0.25, 0.3) is 5.69 Å². The van der Waals surface area contributed by atoms with E-state index in [-0.39, 0.29) is 28.8 Å². The van der Waals surface area contributed by atoms with Gasteiger partial charge in [-0.05, 0) is 44.9 Å². The molecular weight excluding hydrogens is 404 g/mol. The highest BCUT2D eigenvalue weighted by atomic mass is 32.2. The van der Waals surface area contributed by atoms with Crippen molar-refractivity contribution in [3.63, 3.8) is 0 Å². The van der Waals surface area contributed by atoms with Crippen molar-refractivity contribution in [3.8, 4) is 11.5 Å². The summed E-state index contributed by atoms with van der Waals surface area (Å²) in [6.45, 7) is 3.53. The van der Waals surface area contributed by atoms with Crippen LogP contribution >= 0.6 is 11.8 Å². The second-order valence-electron chi connectivity index (χ2n) is 7.55. The highest BCUT2D eigenvalue weighted by molar-refractivity contribution is 8.00. The van der Waals surface area contributed by atoms with Crippen LogP contribution in [0.15, 0.2) is 41.3 Å². The van der Waals surface area contributed by atoms with E-state index in [1.54, 1.807) is 55.9 Å². The summed E-state index contributed by atoms with van der Waals surface area (Å²) in [5, 5.41) is 11.8. The fraction of sp³-hybridized carbons (Fsp3) is 0.409. The molecule has 2 aromatic rings. The van der Waals surface area contributed by atoms with E-state index >= 15 is 0 Å². The lowest BCUT2D eigenvalue weighted by Crippen LogP contribution is -2.12. The lowest BCUT2D eigenvalue weighted by atomic mass is 10.0. The van der Waals surface area contributed by atoms with Crippen LogP contribution in [0, 0.1) is 10.1 Å². The van der Waals surface area contributed by atoms with Crippen molar-refractivity contribution in [1.82, 2.24) is 0 Å². The van der Waals surface area contributed by atoms with Crippen molar-refractivity contribution < 1.29 is 19.2 Å². The largest absolute Gasteiger partial charge is 0.459 e. The Bertz CT molecular complexity index is 926. The Morgan fingerprint density at radius 2 is 1.87 bits per heavy atom. The maximum atomic E-state index is 12.5. The molecule has 3 rings (SSSR count). The Labute approximate surface area is 180 Å². The second-order valence-corrected chi connectivity index (χ2v) is 8.89. The predicted molar refractivity (Wildman–Crippen MR) is 117 cm³/mol. The predicted octanol–water partition coefficient (Wildman–Crippen LogP) is 5.96. The average Bonchev–Trinajstić information content (AvgIpc) is 2.70. The highest BCUT2D eigenvalue weighted by Gasteiger charge is 2.23. The maximum absolute atomic E-state index is 12.5. The van der Waals surface area contributed by atoms with Crippen LogP contribution in [-0.4, -0.2) is 22.2 Å². The van der Waals surface area contributed by atoms with Crippen LogP contribution < -0.4 is 10.5 Å². The molecule has 0 aromatic heterocycles. The number of hydrogen-bond donors (Lipinski definition) is 1. The molecule has 160 valence electrons. The quantitative estimate of drug-likeness (QED) is 0.250. The maximum Gasteiger partial charge on any atom is 0.342 e. The SMILES string of the molecule is CC(C)OC(=O)c1ccccc1Oc1cc([N+](=O)[O-])c(N)cc1SC1CCCCC1. The van der Waals surface area contributed by atoms with Crippen LogP contribution in [0.25, 0.3) is 0 Å². The van der Waals surface area contributed by atoms with Gasteiger partial charge in [-0.25, -0.2) is 4.79 Å². The molecule has 1 aliphatic rings. The van der Waals surface area contributed by atoms with Gasteiger partial charge in [0.15, 0.2) is 0 Å². The number of carbonyl (C=O) groups excluding carboxylic acids is 1. The number of nitrogens with two attached hydrogens (primary N) is 1. The van der Waals surface area contributed by atoms with Crippen molar-refractivity contribution in [2.24, 2.45) is 0 Å². The standard InChI is InChI=1S/C22H26N2O5S/c1-14(2)28-22(25)16-10-6-7-11-19(16)29-20-13-18(24(26)27)17(23)12-21(20)30-15-8-4-3-5-9-15/h6-7,10-15H,3-5,8-9,23H2,1-2H3. The van der Waals surface area contributed by atoms with Gasteiger partial charge in [0.2, 0.25) is 0 Å². The molecule has 0 aliphatic heterocycles. The summed E-state index contributed by atoms with van der Waals surface area (Å²) in [6.07, 6.45) is 5.45. The lowest BCUT2D eigenvalue weighted by molar-refractivity contribution is -0.384. The van der Waals surface area contributed by atoms with Crippen molar-refractivity contribution >= 4 is 29.1 Å². The fourth-order valence-corrected chi connectivity index (χ4v) is 4.72. The summed E-state index contributed by atoms with van der Waals surface area (Å²) in [4.78, 5) is 24.1. The molecule has 0 spiro atoms. The molecule has 7 nitrogen and oxygen atoms in total. The van der Waals surface area contributed by atoms with Crippen LogP contribution in [0.3, 0.4) is 0 Å². The first-order valence-corrected chi connectivity index (χ1v) is 11.0. The number of hydrogen-bond acceptors (Lipinski definition) is 7. The summed E-state index contributed by atoms with van der Waals surface area (Å²) in [5.74, 6) is 0.0935. The fourth-order valence-electron chi connectivity index (χ4n) is 3.38. The van der Waals surface area contributed by atoms with Gasteiger partial charge in [-0.2, -0.15) is 0 Å². The van der Waals surface area contributed by atoms with Gasteiger partial charge in [0.05, 0.1) is 22.0 Å². The summed E-state index contributed by atoms with van der Waals surface area (Å²) in [5.41, 5.74) is 6.07. The normalized spacial score (nSPS) is 14.5. The van der Waals surface area contributed by atoms with Gasteiger partial charge < -0.3 is 15.2 Å². The smallest absolute Gasteiger partial charge is 0.342 e. The molecule has 0 atom stereocenters. The molecule has 0 amide bonds. The zero-order valence-electron chi connectivity index (χ0n) is 17.1. The van der Waals surface area contributed by atoms with E-state index < -0.39 is 10.9 Å². The molecule has 0 bridgehead atoms. The molecule has 2 N–H and O–H groups in total. The molecule has 1 saturated carbocycles. The van der Waals surface area contributed by atoms with E-state index in [0.717, 1.165) is 17.7 Å². The molecule has 2 aromatic carbocycles. The first-order valence-electron chi connectivity index (χ1n) is 10.1. The van der Waals surface area contributed by atoms with Crippen LogP contribution in [0.1, 0.15) is 56.3 Å². The van der Waals surface area contributed by atoms with E-state index in [1.807, 2.05) is 0 Å². The van der Waals surface area contributed by atoms with Crippen molar-refractivity contribution in [2.75, 3.05) is 5.73 Å². The Kier molecular flexibility index (Phi) is 7.20. The van der Waals surface area contributed by atoms with Crippen molar-refractivity contribution in [1.29, 1.82) is 0 Å². The molecular formula is C22H26N2O5S. The van der Waals surface area contributed by atoms with Gasteiger partial charge in [-0.15, -0.1) is 11.8 Å². The number of carbonyl (C=O) groups is 1. The Hall–Kier alpha value is -2.74. The number of rotatable bonds is 7. The van der Waals surface area contributed by atoms with Gasteiger partial charge in [0.1, 0.15) is 22.7 Å². The molecule has 0 heterocycles. The third-order valence-electron chi connectivity index (χ3n) is 4.81. The topological polar surface area (TPSA) is 105 Å². The number of thioether (sulfide) groups is 1. The van der Waals surface area contributed by atoms with Gasteiger partial charge >= 0.3 is 5.97 Å². The lowest BCUT2D eigenvalue weighted by Gasteiger charge is -2.22. The first kappa shape index (κ1) is 22.0. The number of esters is 1. The van der Waals surface area contributed by atoms with E-state index in [1.165, 1.54) is 25.3 Å². The molecule has 1 aliphatic carbocycles. The van der Waals surface area contributed by atoms with E-state index in [4.69, 9.17) is 15.2 Å². The zero-order chi connectivity index (χ0) is 21.7. The molecule has 0 unspecified atom stereocenters. The van der Waals surface area contributed by atoms with Crippen molar-refractivity contribution in [2.45, 2.75) is 62.2 Å². The van der Waals surface area contributed by atoms with E-state index in [2.05, 4.69) is 0 Å². The number of para-hydroxylation sites is 1. The summed E-state index contributed by atoms with van der Waals surface area (Å²) < 4.78 is 11.3. The minimum atomic E-state index is -0.532. The Morgan fingerprint density at radius 3 is 2.53 bits per heavy atom. The minimum Gasteiger partial charge on any atom is -0.459 e. The van der Waals surface area contributed by atoms with E-state index in [9.17, 15) is 14.9 Å². The van der Waals surface area contributed by atoms with Gasteiger partial charge in [-0.1, -0.05) is 31.4 Å². The third kappa shape index (κ3) is 5.44. The molecule has 0 radical (unpaired) electrons. The number of nitrogen functional groups attached to an aromatic ring is 1. The van der Waals surface area contributed by atoms with Crippen LogP contribution in [0.4, 0.5) is 11.4 Å². The first-order chi connectivity index (χ1) is 14.3. The number of benzene rings is 2. The number of nitrogens with zero attached hydrogens (tertiary/aromatic N) is 1. The number of anilines is 1. The van der Waals surface area contributed by atoms with Crippen LogP contribution in [0.2, 0.25) is 0 Å². The Morgan fingerprint density at radius 1 is 1.17 bits per heavy atom. The second kappa shape index (κ2) is 9.84. The van der Waals surface area contributed by atoms with Gasteiger partial charge in [-0.3, -0.25) is 10.1 Å².